The fourth-order valence-electron chi connectivity index (χ4n) is 1.67. The van der Waals surface area contributed by atoms with Crippen molar-refractivity contribution in [2.75, 3.05) is 0 Å². The lowest BCUT2D eigenvalue weighted by atomic mass is 9.96. The largest absolute Gasteiger partial charge is 0.0648 e. The zero-order valence-corrected chi connectivity index (χ0v) is 11.2. The summed E-state index contributed by atoms with van der Waals surface area (Å²) in [4.78, 5) is 0. The first kappa shape index (κ1) is 10.9. The van der Waals surface area contributed by atoms with Crippen LogP contribution in [0.2, 0.25) is 0 Å². The third-order valence-electron chi connectivity index (χ3n) is 2.88. The van der Waals surface area contributed by atoms with Crippen LogP contribution in [0.25, 0.3) is 10.8 Å². The second kappa shape index (κ2) is 4.52. The predicted molar refractivity (Wildman–Crippen MR) is 74.2 cm³/mol. The van der Waals surface area contributed by atoms with Gasteiger partial charge in [-0.2, -0.15) is 0 Å². The molecule has 2 aromatic rings. The van der Waals surface area contributed by atoms with Gasteiger partial charge in [0.2, 0.25) is 0 Å². The number of halogens is 1. The topological polar surface area (TPSA) is 0 Å². The van der Waals surface area contributed by atoms with Gasteiger partial charge in [-0.05, 0) is 69.5 Å². The molecule has 1 atom stereocenters. The third kappa shape index (κ3) is 2.33. The lowest BCUT2D eigenvalue weighted by molar-refractivity contribution is 0.733. The van der Waals surface area contributed by atoms with Gasteiger partial charge in [-0.3, -0.25) is 0 Å². The monoisotopic (exact) mass is 309 g/mol. The second-order valence-electron chi connectivity index (χ2n) is 3.95. The zero-order valence-electron chi connectivity index (χ0n) is 9.05. The van der Waals surface area contributed by atoms with Crippen molar-refractivity contribution in [3.8, 4) is 0 Å². The van der Waals surface area contributed by atoms with E-state index in [-0.39, 0.29) is 0 Å². The molecule has 15 heavy (non-hydrogen) atoms. The van der Waals surface area contributed by atoms with E-state index in [2.05, 4.69) is 72.8 Å². The summed E-state index contributed by atoms with van der Waals surface area (Å²) in [5.41, 5.74) is 1.33. The Morgan fingerprint density at radius 3 is 2.80 bits per heavy atom. The molecule has 77 valence electrons. The molecule has 2 aromatic carbocycles. The van der Waals surface area contributed by atoms with E-state index in [4.69, 9.17) is 0 Å². The van der Waals surface area contributed by atoms with Gasteiger partial charge in [-0.25, -0.2) is 0 Å². The average Bonchev–Trinajstić information content (AvgIpc) is 2.27. The van der Waals surface area contributed by atoms with Crippen molar-refractivity contribution in [2.45, 2.75) is 26.2 Å². The quantitative estimate of drug-likeness (QED) is 0.702. The molecule has 0 nitrogen and oxygen atoms in total. The van der Waals surface area contributed by atoms with Crippen LogP contribution in [0.4, 0.5) is 0 Å². The van der Waals surface area contributed by atoms with Gasteiger partial charge in [0.1, 0.15) is 0 Å². The molecule has 0 bridgehead atoms. The molecule has 1 radical (unpaired) electrons. The number of benzene rings is 2. The third-order valence-corrected chi connectivity index (χ3v) is 3.55. The Bertz CT molecular complexity index is 474. The molecule has 1 unspecified atom stereocenters. The molecule has 0 aliphatic carbocycles. The summed E-state index contributed by atoms with van der Waals surface area (Å²) in [7, 11) is 0. The molecule has 0 N–H and O–H groups in total. The fourth-order valence-corrected chi connectivity index (χ4v) is 2.18. The average molecular weight is 309 g/mol. The summed E-state index contributed by atoms with van der Waals surface area (Å²) in [5.74, 6) is 0.605. The van der Waals surface area contributed by atoms with Gasteiger partial charge < -0.3 is 0 Å². The highest BCUT2D eigenvalue weighted by Crippen LogP contribution is 2.24. The Morgan fingerprint density at radius 2 is 2.07 bits per heavy atom. The summed E-state index contributed by atoms with van der Waals surface area (Å²) < 4.78 is 1.28. The summed E-state index contributed by atoms with van der Waals surface area (Å²) in [6.45, 7) is 4.47. The lowest BCUT2D eigenvalue weighted by Crippen LogP contribution is -1.91. The highest BCUT2D eigenvalue weighted by Gasteiger charge is 2.04. The van der Waals surface area contributed by atoms with Crippen LogP contribution in [-0.4, -0.2) is 0 Å². The van der Waals surface area contributed by atoms with Crippen molar-refractivity contribution < 1.29 is 0 Å². The summed E-state index contributed by atoms with van der Waals surface area (Å²) in [6.07, 6.45) is 1.17. The predicted octanol–water partition coefficient (Wildman–Crippen LogP) is 4.76. The van der Waals surface area contributed by atoms with E-state index in [1.807, 2.05) is 0 Å². The number of hydrogen-bond donors (Lipinski definition) is 0. The Hall–Kier alpha value is -0.570. The first-order valence-corrected chi connectivity index (χ1v) is 6.40. The van der Waals surface area contributed by atoms with Gasteiger partial charge in [-0.1, -0.05) is 32.0 Å². The molecule has 0 aliphatic rings. The van der Waals surface area contributed by atoms with Crippen molar-refractivity contribution >= 4 is 33.4 Å². The van der Waals surface area contributed by atoms with Gasteiger partial charge in [-0.15, -0.1) is 0 Å². The zero-order chi connectivity index (χ0) is 10.8. The fraction of sp³-hybridized carbons (Fsp3) is 0.286. The van der Waals surface area contributed by atoms with E-state index in [0.29, 0.717) is 5.92 Å². The number of fused-ring (bicyclic) bond motifs is 1. The van der Waals surface area contributed by atoms with Gasteiger partial charge >= 0.3 is 0 Å². The minimum Gasteiger partial charge on any atom is -0.0648 e. The van der Waals surface area contributed by atoms with E-state index < -0.39 is 0 Å². The second-order valence-corrected chi connectivity index (χ2v) is 5.20. The normalized spacial score (nSPS) is 13.0. The molecule has 0 spiro atoms. The molecular formula is C14H14I. The molecule has 0 saturated carbocycles. The van der Waals surface area contributed by atoms with Crippen molar-refractivity contribution in [3.63, 3.8) is 0 Å². The summed E-state index contributed by atoms with van der Waals surface area (Å²) in [5, 5.41) is 2.52. The minimum atomic E-state index is 0.605. The molecule has 0 heterocycles. The Balaban J connectivity index is 2.52. The smallest absolute Gasteiger partial charge is 0.0136 e. The minimum absolute atomic E-state index is 0.605. The Morgan fingerprint density at radius 1 is 1.27 bits per heavy atom. The number of rotatable bonds is 2. The van der Waals surface area contributed by atoms with Crippen LogP contribution in [0.3, 0.4) is 0 Å². The van der Waals surface area contributed by atoms with Crippen LogP contribution in [0.1, 0.15) is 31.7 Å². The van der Waals surface area contributed by atoms with E-state index >= 15 is 0 Å². The van der Waals surface area contributed by atoms with Crippen LogP contribution in [0.5, 0.6) is 0 Å². The highest BCUT2D eigenvalue weighted by molar-refractivity contribution is 14.1. The standard InChI is InChI=1S/C14H14I/c1-3-10(2)11-4-5-13-9-14(15)7-6-12(13)8-11/h4-7,9-10H,3H2,1-2H3. The molecule has 0 fully saturated rings. The first-order chi connectivity index (χ1) is 7.20. The molecule has 2 rings (SSSR count). The van der Waals surface area contributed by atoms with Crippen molar-refractivity contribution in [2.24, 2.45) is 0 Å². The van der Waals surface area contributed by atoms with Crippen molar-refractivity contribution in [1.29, 1.82) is 0 Å². The highest BCUT2D eigenvalue weighted by atomic mass is 127. The van der Waals surface area contributed by atoms with E-state index in [0.717, 1.165) is 0 Å². The van der Waals surface area contributed by atoms with Gasteiger partial charge in [0, 0.05) is 3.57 Å². The Labute approximate surface area is 105 Å². The van der Waals surface area contributed by atoms with E-state index in [9.17, 15) is 0 Å². The maximum atomic E-state index is 3.50. The molecule has 0 aliphatic heterocycles. The van der Waals surface area contributed by atoms with E-state index in [1.54, 1.807) is 0 Å². The van der Waals surface area contributed by atoms with Crippen molar-refractivity contribution in [1.82, 2.24) is 0 Å². The first-order valence-electron chi connectivity index (χ1n) is 5.32. The molecule has 1 heteroatoms. The van der Waals surface area contributed by atoms with Gasteiger partial charge in [0.25, 0.3) is 0 Å². The maximum absolute atomic E-state index is 3.50. The molecule has 0 saturated heterocycles. The van der Waals surface area contributed by atoms with Crippen molar-refractivity contribution in [3.05, 3.63) is 45.5 Å². The summed E-state index contributed by atoms with van der Waals surface area (Å²) >= 11 is 2.34. The number of hydrogen-bond acceptors (Lipinski definition) is 0. The molecule has 0 aromatic heterocycles. The van der Waals surface area contributed by atoms with E-state index in [1.165, 1.54) is 26.3 Å². The van der Waals surface area contributed by atoms with Gasteiger partial charge in [0.15, 0.2) is 0 Å². The van der Waals surface area contributed by atoms with Crippen LogP contribution < -0.4 is 0 Å². The van der Waals surface area contributed by atoms with Crippen LogP contribution >= 0.6 is 22.6 Å². The molecule has 0 amide bonds. The SMILES string of the molecule is CCC(C)c1[c]c2ccc(I)cc2cc1. The maximum Gasteiger partial charge on any atom is 0.0136 e. The Kier molecular flexibility index (Phi) is 3.29. The summed E-state index contributed by atoms with van der Waals surface area (Å²) in [6, 6.07) is 14.4. The van der Waals surface area contributed by atoms with Crippen LogP contribution in [-0.2, 0) is 0 Å². The van der Waals surface area contributed by atoms with Crippen LogP contribution in [0, 0.1) is 9.64 Å². The lowest BCUT2D eigenvalue weighted by Gasteiger charge is -2.09. The molecular weight excluding hydrogens is 295 g/mol. The van der Waals surface area contributed by atoms with Crippen LogP contribution in [0.15, 0.2) is 30.3 Å². The van der Waals surface area contributed by atoms with Gasteiger partial charge in [0.05, 0.1) is 0 Å².